The van der Waals surface area contributed by atoms with Crippen LogP contribution in [0.15, 0.2) is 40.3 Å². The number of aromatic nitrogens is 1. The number of nitrogens with zero attached hydrogens (tertiary/aromatic N) is 1. The molecule has 88 valence electrons. The van der Waals surface area contributed by atoms with Crippen LogP contribution < -0.4 is 10.6 Å². The second-order valence-corrected chi connectivity index (χ2v) is 4.99. The highest BCUT2D eigenvalue weighted by Gasteiger charge is 2.04. The minimum absolute atomic E-state index is 0.254. The van der Waals surface area contributed by atoms with E-state index in [0.29, 0.717) is 11.7 Å². The van der Waals surface area contributed by atoms with Gasteiger partial charge >= 0.3 is 6.03 Å². The molecule has 0 aliphatic heterocycles. The lowest BCUT2D eigenvalue weighted by Gasteiger charge is -2.06. The predicted octanol–water partition coefficient (Wildman–Crippen LogP) is 3.23. The number of rotatable bonds is 3. The minimum Gasteiger partial charge on any atom is -0.334 e. The molecule has 1 aromatic heterocycles. The lowest BCUT2D eigenvalue weighted by Crippen LogP contribution is -2.28. The zero-order chi connectivity index (χ0) is 12.1. The first-order chi connectivity index (χ1) is 8.25. The number of benzene rings is 1. The summed E-state index contributed by atoms with van der Waals surface area (Å²) in [4.78, 5) is 15.5. The number of halogens is 1. The molecule has 2 rings (SSSR count). The highest BCUT2D eigenvalue weighted by atomic mass is 79.9. The van der Waals surface area contributed by atoms with Crippen molar-refractivity contribution in [1.82, 2.24) is 10.3 Å². The van der Waals surface area contributed by atoms with Crippen LogP contribution in [0.25, 0.3) is 0 Å². The van der Waals surface area contributed by atoms with Gasteiger partial charge in [-0.15, -0.1) is 11.3 Å². The van der Waals surface area contributed by atoms with Crippen molar-refractivity contribution in [2.75, 3.05) is 5.32 Å². The number of carbonyl (C=O) groups is 1. The van der Waals surface area contributed by atoms with E-state index in [1.807, 2.05) is 29.6 Å². The van der Waals surface area contributed by atoms with Crippen molar-refractivity contribution in [3.05, 3.63) is 45.9 Å². The maximum atomic E-state index is 11.5. The second kappa shape index (κ2) is 5.79. The van der Waals surface area contributed by atoms with Gasteiger partial charge in [0.15, 0.2) is 5.13 Å². The highest BCUT2D eigenvalue weighted by Crippen LogP contribution is 2.15. The van der Waals surface area contributed by atoms with E-state index in [1.165, 1.54) is 11.3 Å². The van der Waals surface area contributed by atoms with Gasteiger partial charge in [0.25, 0.3) is 0 Å². The van der Waals surface area contributed by atoms with Crippen LogP contribution in [0.4, 0.5) is 9.93 Å². The summed E-state index contributed by atoms with van der Waals surface area (Å²) in [6.07, 6.45) is 1.65. The van der Waals surface area contributed by atoms with Crippen LogP contribution in [0.1, 0.15) is 5.56 Å². The number of urea groups is 1. The largest absolute Gasteiger partial charge is 0.334 e. The Balaban J connectivity index is 1.86. The Morgan fingerprint density at radius 3 is 2.94 bits per heavy atom. The van der Waals surface area contributed by atoms with Crippen molar-refractivity contribution >= 4 is 38.4 Å². The lowest BCUT2D eigenvalue weighted by molar-refractivity contribution is 0.251. The molecule has 0 saturated carbocycles. The molecule has 0 aliphatic carbocycles. The van der Waals surface area contributed by atoms with Crippen molar-refractivity contribution in [1.29, 1.82) is 0 Å². The number of amides is 2. The number of anilines is 1. The number of hydrogen-bond acceptors (Lipinski definition) is 3. The molecule has 2 N–H and O–H groups in total. The Kier molecular flexibility index (Phi) is 4.11. The third kappa shape index (κ3) is 3.54. The normalized spacial score (nSPS) is 9.94. The van der Waals surface area contributed by atoms with Gasteiger partial charge in [-0.1, -0.05) is 34.1 Å². The van der Waals surface area contributed by atoms with Crippen LogP contribution >= 0.6 is 27.3 Å². The van der Waals surface area contributed by atoms with Crippen molar-refractivity contribution in [3.63, 3.8) is 0 Å². The minimum atomic E-state index is -0.254. The fraction of sp³-hybridized carbons (Fsp3) is 0.0909. The topological polar surface area (TPSA) is 54.0 Å². The van der Waals surface area contributed by atoms with Crippen LogP contribution in [0.2, 0.25) is 0 Å². The van der Waals surface area contributed by atoms with Gasteiger partial charge in [0, 0.05) is 22.6 Å². The van der Waals surface area contributed by atoms with E-state index in [0.717, 1.165) is 10.0 Å². The van der Waals surface area contributed by atoms with Gasteiger partial charge in [-0.2, -0.15) is 0 Å². The third-order valence-corrected chi connectivity index (χ3v) is 3.51. The van der Waals surface area contributed by atoms with Crippen LogP contribution in [0, 0.1) is 0 Å². The van der Waals surface area contributed by atoms with Gasteiger partial charge in [0.05, 0.1) is 0 Å². The molecule has 0 atom stereocenters. The van der Waals surface area contributed by atoms with E-state index < -0.39 is 0 Å². The molecule has 17 heavy (non-hydrogen) atoms. The smallest absolute Gasteiger partial charge is 0.321 e. The molecule has 0 unspecified atom stereocenters. The van der Waals surface area contributed by atoms with Crippen molar-refractivity contribution < 1.29 is 4.79 Å². The Morgan fingerprint density at radius 2 is 2.24 bits per heavy atom. The molecule has 2 amide bonds. The first-order valence-corrected chi connectivity index (χ1v) is 6.61. The van der Waals surface area contributed by atoms with E-state index in [1.54, 1.807) is 6.20 Å². The average Bonchev–Trinajstić information content (AvgIpc) is 2.81. The number of carbonyl (C=O) groups excluding carboxylic acids is 1. The molecule has 0 radical (unpaired) electrons. The van der Waals surface area contributed by atoms with Gasteiger partial charge < -0.3 is 5.32 Å². The summed E-state index contributed by atoms with van der Waals surface area (Å²) in [5.41, 5.74) is 1.03. The Bertz CT molecular complexity index is 501. The van der Waals surface area contributed by atoms with Crippen molar-refractivity contribution in [3.8, 4) is 0 Å². The molecule has 0 spiro atoms. The van der Waals surface area contributed by atoms with Crippen LogP contribution in [0.5, 0.6) is 0 Å². The Hall–Kier alpha value is -1.40. The molecule has 1 aromatic carbocycles. The quantitative estimate of drug-likeness (QED) is 0.914. The van der Waals surface area contributed by atoms with E-state index in [9.17, 15) is 4.79 Å². The van der Waals surface area contributed by atoms with Crippen LogP contribution in [-0.4, -0.2) is 11.0 Å². The summed E-state index contributed by atoms with van der Waals surface area (Å²) < 4.78 is 0.981. The molecule has 0 bridgehead atoms. The maximum Gasteiger partial charge on any atom is 0.321 e. The maximum absolute atomic E-state index is 11.5. The first kappa shape index (κ1) is 12.1. The Morgan fingerprint density at radius 1 is 1.41 bits per heavy atom. The molecular weight excluding hydrogens is 302 g/mol. The molecule has 0 saturated heterocycles. The van der Waals surface area contributed by atoms with Crippen LogP contribution in [-0.2, 0) is 6.54 Å². The highest BCUT2D eigenvalue weighted by molar-refractivity contribution is 9.10. The fourth-order valence-electron chi connectivity index (χ4n) is 1.24. The van der Waals surface area contributed by atoms with E-state index >= 15 is 0 Å². The zero-order valence-corrected chi connectivity index (χ0v) is 11.2. The summed E-state index contributed by atoms with van der Waals surface area (Å²) in [7, 11) is 0. The number of hydrogen-bond donors (Lipinski definition) is 2. The van der Waals surface area contributed by atoms with E-state index in [-0.39, 0.29) is 6.03 Å². The summed E-state index contributed by atoms with van der Waals surface area (Å²) in [5, 5.41) is 7.82. The van der Waals surface area contributed by atoms with Gasteiger partial charge in [-0.3, -0.25) is 5.32 Å². The Labute approximate surface area is 111 Å². The molecular formula is C11H10BrN3OS. The molecule has 4 nitrogen and oxygen atoms in total. The third-order valence-electron chi connectivity index (χ3n) is 2.05. The molecule has 0 fully saturated rings. The van der Waals surface area contributed by atoms with Gasteiger partial charge in [0.2, 0.25) is 0 Å². The summed E-state index contributed by atoms with van der Waals surface area (Å²) in [5.74, 6) is 0. The lowest BCUT2D eigenvalue weighted by atomic mass is 10.2. The first-order valence-electron chi connectivity index (χ1n) is 4.93. The summed E-state index contributed by atoms with van der Waals surface area (Å²) in [6, 6.07) is 7.50. The van der Waals surface area contributed by atoms with Crippen LogP contribution in [0.3, 0.4) is 0 Å². The molecule has 0 aliphatic rings. The van der Waals surface area contributed by atoms with Crippen molar-refractivity contribution in [2.24, 2.45) is 0 Å². The zero-order valence-electron chi connectivity index (χ0n) is 8.81. The molecule has 1 heterocycles. The predicted molar refractivity (Wildman–Crippen MR) is 72.1 cm³/mol. The number of thiazole rings is 1. The van der Waals surface area contributed by atoms with Gasteiger partial charge in [-0.05, 0) is 11.6 Å². The fourth-order valence-corrected chi connectivity index (χ4v) is 2.19. The number of nitrogens with one attached hydrogen (secondary N) is 2. The standard InChI is InChI=1S/C11H10BrN3OS/c12-9-4-2-1-3-8(9)7-14-10(16)15-11-13-5-6-17-11/h1-6H,7H2,(H2,13,14,15,16). The molecule has 2 aromatic rings. The van der Waals surface area contributed by atoms with E-state index in [2.05, 4.69) is 31.5 Å². The SMILES string of the molecule is O=C(NCc1ccccc1Br)Nc1nccs1. The van der Waals surface area contributed by atoms with Gasteiger partial charge in [0.1, 0.15) is 0 Å². The monoisotopic (exact) mass is 311 g/mol. The van der Waals surface area contributed by atoms with E-state index in [4.69, 9.17) is 0 Å². The van der Waals surface area contributed by atoms with Gasteiger partial charge in [-0.25, -0.2) is 9.78 Å². The second-order valence-electron chi connectivity index (χ2n) is 3.24. The summed E-state index contributed by atoms with van der Waals surface area (Å²) >= 11 is 4.81. The van der Waals surface area contributed by atoms with Crippen molar-refractivity contribution in [2.45, 2.75) is 6.54 Å². The summed E-state index contributed by atoms with van der Waals surface area (Å²) in [6.45, 7) is 0.471. The molecule has 6 heteroatoms. The average molecular weight is 312 g/mol.